The summed E-state index contributed by atoms with van der Waals surface area (Å²) in [5, 5.41) is 0. The molecule has 2 nitrogen and oxygen atoms in total. The van der Waals surface area contributed by atoms with Gasteiger partial charge in [-0.3, -0.25) is 4.90 Å². The lowest BCUT2D eigenvalue weighted by Gasteiger charge is -2.36. The highest BCUT2D eigenvalue weighted by molar-refractivity contribution is 5.82. The molecule has 0 saturated heterocycles. The number of benzene rings is 1. The van der Waals surface area contributed by atoms with Gasteiger partial charge in [-0.15, -0.1) is 0 Å². The first-order valence-electron chi connectivity index (χ1n) is 11.5. The smallest absolute Gasteiger partial charge is 0.174 e. The fraction of sp³-hybridized carbons (Fsp3) is 0.556. The molecule has 0 aromatic heterocycles. The lowest BCUT2D eigenvalue weighted by atomic mass is 9.81. The van der Waals surface area contributed by atoms with Crippen LogP contribution < -0.4 is 4.90 Å². The average Bonchev–Trinajstić information content (AvgIpc) is 3.15. The molecule has 2 heteroatoms. The summed E-state index contributed by atoms with van der Waals surface area (Å²) >= 11 is 0. The van der Waals surface area contributed by atoms with E-state index in [1.807, 2.05) is 0 Å². The van der Waals surface area contributed by atoms with Gasteiger partial charge in [-0.2, -0.15) is 12.2 Å². The van der Waals surface area contributed by atoms with Crippen molar-refractivity contribution in [3.63, 3.8) is 0 Å². The Morgan fingerprint density at radius 3 is 1.76 bits per heavy atom. The molecular weight excluding hydrogens is 352 g/mol. The lowest BCUT2D eigenvalue weighted by Crippen LogP contribution is -2.28. The van der Waals surface area contributed by atoms with Crippen molar-refractivity contribution < 1.29 is 4.58 Å². The van der Waals surface area contributed by atoms with Crippen LogP contribution in [0.5, 0.6) is 0 Å². The molecule has 1 heterocycles. The first kappa shape index (κ1) is 21.7. The fourth-order valence-corrected chi connectivity index (χ4v) is 4.70. The molecule has 1 aromatic carbocycles. The maximum absolute atomic E-state index is 2.53. The summed E-state index contributed by atoms with van der Waals surface area (Å²) in [4.78, 5) is 2.52. The third-order valence-electron chi connectivity index (χ3n) is 6.24. The van der Waals surface area contributed by atoms with Gasteiger partial charge in [0.1, 0.15) is 18.8 Å². The molecule has 0 atom stereocenters. The van der Waals surface area contributed by atoms with Gasteiger partial charge in [0.05, 0.1) is 0 Å². The van der Waals surface area contributed by atoms with E-state index in [1.165, 1.54) is 34.0 Å². The SMILES string of the molecule is CC(C)C1=CCC=C(C(C)C)[C-]1[N+]1=CN(c2c(C(C)C)cccc2C(C)C)CC1. The molecule has 1 aliphatic heterocycles. The molecular formula is C27H40N2. The molecule has 0 spiro atoms. The van der Waals surface area contributed by atoms with Gasteiger partial charge >= 0.3 is 0 Å². The van der Waals surface area contributed by atoms with E-state index in [1.54, 1.807) is 0 Å². The molecule has 0 N–H and O–H groups in total. The van der Waals surface area contributed by atoms with Crippen molar-refractivity contribution >= 4 is 12.0 Å². The van der Waals surface area contributed by atoms with Gasteiger partial charge in [-0.25, -0.2) is 0 Å². The number of hydrogen-bond acceptors (Lipinski definition) is 1. The Kier molecular flexibility index (Phi) is 6.61. The maximum atomic E-state index is 2.53. The standard InChI is InChI=1S/C27H40N2/c1-18(2)22-11-9-12-23(19(3)4)26(22)28-15-16-29(17-28)27-24(20(5)6)13-10-14-25(27)21(7)8/h9,11-14,17-21H,10,15-16H2,1-8H3. The van der Waals surface area contributed by atoms with Crippen LogP contribution >= 0.6 is 0 Å². The number of hydrogen-bond donors (Lipinski definition) is 0. The van der Waals surface area contributed by atoms with Crippen LogP contribution in [0.15, 0.2) is 41.5 Å². The zero-order valence-corrected chi connectivity index (χ0v) is 19.8. The van der Waals surface area contributed by atoms with Crippen LogP contribution in [0, 0.1) is 17.9 Å². The van der Waals surface area contributed by atoms with E-state index >= 15 is 0 Å². The number of para-hydroxylation sites is 1. The molecule has 2 aliphatic rings. The van der Waals surface area contributed by atoms with Gasteiger partial charge in [-0.1, -0.05) is 91.2 Å². The second kappa shape index (κ2) is 8.81. The Bertz CT molecular complexity index is 771. The maximum Gasteiger partial charge on any atom is 0.174 e. The zero-order valence-electron chi connectivity index (χ0n) is 19.8. The van der Waals surface area contributed by atoms with Crippen molar-refractivity contribution in [2.75, 3.05) is 18.0 Å². The zero-order chi connectivity index (χ0) is 21.3. The Balaban J connectivity index is 2.05. The highest BCUT2D eigenvalue weighted by Gasteiger charge is 2.32. The van der Waals surface area contributed by atoms with Crippen LogP contribution in [0.3, 0.4) is 0 Å². The fourth-order valence-electron chi connectivity index (χ4n) is 4.70. The lowest BCUT2D eigenvalue weighted by molar-refractivity contribution is -0.489. The van der Waals surface area contributed by atoms with Crippen LogP contribution in [0.1, 0.15) is 84.8 Å². The van der Waals surface area contributed by atoms with Gasteiger partial charge in [0.15, 0.2) is 6.34 Å². The normalized spacial score (nSPS) is 17.6. The molecule has 0 radical (unpaired) electrons. The average molecular weight is 393 g/mol. The van der Waals surface area contributed by atoms with E-state index in [2.05, 4.69) is 102 Å². The molecule has 3 rings (SSSR count). The molecule has 0 unspecified atom stereocenters. The van der Waals surface area contributed by atoms with Crippen molar-refractivity contribution in [3.05, 3.63) is 58.7 Å². The minimum absolute atomic E-state index is 0.519. The quantitative estimate of drug-likeness (QED) is 0.377. The summed E-state index contributed by atoms with van der Waals surface area (Å²) < 4.78 is 2.53. The highest BCUT2D eigenvalue weighted by Crippen LogP contribution is 2.40. The van der Waals surface area contributed by atoms with Gasteiger partial charge in [0.2, 0.25) is 0 Å². The van der Waals surface area contributed by atoms with Gasteiger partial charge < -0.3 is 4.58 Å². The van der Waals surface area contributed by atoms with Gasteiger partial charge in [0, 0.05) is 17.2 Å². The number of rotatable bonds is 6. The topological polar surface area (TPSA) is 6.25 Å². The summed E-state index contributed by atoms with van der Waals surface area (Å²) in [7, 11) is 0. The Hall–Kier alpha value is -1.96. The predicted molar refractivity (Wildman–Crippen MR) is 127 cm³/mol. The van der Waals surface area contributed by atoms with Crippen molar-refractivity contribution in [1.82, 2.24) is 0 Å². The first-order valence-corrected chi connectivity index (χ1v) is 11.5. The summed E-state index contributed by atoms with van der Waals surface area (Å²) in [6.07, 6.45) is 8.32. The molecule has 0 fully saturated rings. The van der Waals surface area contributed by atoms with Crippen LogP contribution in [-0.2, 0) is 0 Å². The number of anilines is 1. The van der Waals surface area contributed by atoms with Crippen LogP contribution in [0.4, 0.5) is 5.69 Å². The van der Waals surface area contributed by atoms with Crippen molar-refractivity contribution in [2.24, 2.45) is 11.8 Å². The van der Waals surface area contributed by atoms with E-state index in [9.17, 15) is 0 Å². The second-order valence-electron chi connectivity index (χ2n) is 9.81. The Morgan fingerprint density at radius 1 is 0.793 bits per heavy atom. The largest absolute Gasteiger partial charge is 0.309 e. The molecule has 29 heavy (non-hydrogen) atoms. The predicted octanol–water partition coefficient (Wildman–Crippen LogP) is 6.89. The molecule has 0 amide bonds. The molecule has 1 aromatic rings. The third kappa shape index (κ3) is 4.32. The second-order valence-corrected chi connectivity index (χ2v) is 9.81. The number of nitrogens with zero attached hydrogens (tertiary/aromatic N) is 2. The monoisotopic (exact) mass is 392 g/mol. The van der Waals surface area contributed by atoms with Crippen LogP contribution in [0.2, 0.25) is 0 Å². The number of allylic oxidation sites excluding steroid dienone is 2. The van der Waals surface area contributed by atoms with Crippen molar-refractivity contribution in [1.29, 1.82) is 0 Å². The summed E-state index contributed by atoms with van der Waals surface area (Å²) in [6.45, 7) is 20.6. The Labute approximate surface area is 179 Å². The first-order chi connectivity index (χ1) is 13.7. The van der Waals surface area contributed by atoms with E-state index in [4.69, 9.17) is 0 Å². The minimum Gasteiger partial charge on any atom is -0.309 e. The van der Waals surface area contributed by atoms with Crippen LogP contribution in [-0.4, -0.2) is 24.0 Å². The van der Waals surface area contributed by atoms with Crippen molar-refractivity contribution in [2.45, 2.75) is 73.6 Å². The van der Waals surface area contributed by atoms with Crippen molar-refractivity contribution in [3.8, 4) is 0 Å². The van der Waals surface area contributed by atoms with Crippen LogP contribution in [0.25, 0.3) is 0 Å². The third-order valence-corrected chi connectivity index (χ3v) is 6.24. The van der Waals surface area contributed by atoms with Gasteiger partial charge in [-0.05, 0) is 23.7 Å². The van der Waals surface area contributed by atoms with Gasteiger partial charge in [0.25, 0.3) is 0 Å². The minimum atomic E-state index is 0.519. The van der Waals surface area contributed by atoms with E-state index in [-0.39, 0.29) is 0 Å². The molecule has 158 valence electrons. The summed E-state index contributed by atoms with van der Waals surface area (Å²) in [6, 6.07) is 8.32. The van der Waals surface area contributed by atoms with E-state index < -0.39 is 0 Å². The Morgan fingerprint density at radius 2 is 1.31 bits per heavy atom. The van der Waals surface area contributed by atoms with E-state index in [0.717, 1.165) is 19.5 Å². The summed E-state index contributed by atoms with van der Waals surface area (Å²) in [5.41, 5.74) is 7.37. The summed E-state index contributed by atoms with van der Waals surface area (Å²) in [5.74, 6) is 2.13. The molecule has 0 saturated carbocycles. The highest BCUT2D eigenvalue weighted by atomic mass is 15.3. The van der Waals surface area contributed by atoms with E-state index in [0.29, 0.717) is 23.7 Å². The molecule has 0 bridgehead atoms. The molecule has 1 aliphatic carbocycles.